The zero-order valence-corrected chi connectivity index (χ0v) is 6.01. The van der Waals surface area contributed by atoms with Crippen LogP contribution in [0.5, 0.6) is 0 Å². The van der Waals surface area contributed by atoms with Crippen LogP contribution in [0.15, 0.2) is 0 Å². The van der Waals surface area contributed by atoms with E-state index in [1.54, 1.807) is 0 Å². The molecule has 2 heteroatoms. The summed E-state index contributed by atoms with van der Waals surface area (Å²) in [6.45, 7) is 4.33. The van der Waals surface area contributed by atoms with Crippen molar-refractivity contribution in [2.75, 3.05) is 7.05 Å². The summed E-state index contributed by atoms with van der Waals surface area (Å²) >= 11 is 0. The van der Waals surface area contributed by atoms with Gasteiger partial charge in [-0.05, 0) is 20.4 Å². The Morgan fingerprint density at radius 1 is 1.57 bits per heavy atom. The minimum atomic E-state index is 0. The Kier molecular flexibility index (Phi) is 9.17. The number of nitrogens with one attached hydrogen (secondary N) is 1. The third-order valence-corrected chi connectivity index (χ3v) is 1.11. The van der Waals surface area contributed by atoms with Crippen LogP contribution in [0, 0.1) is 0 Å². The Labute approximate surface area is 51.9 Å². The van der Waals surface area contributed by atoms with Gasteiger partial charge < -0.3 is 5.32 Å². The molecule has 1 N–H and O–H groups in total. The number of hydrogen-bond donors (Lipinski definition) is 1. The second kappa shape index (κ2) is 6.25. The van der Waals surface area contributed by atoms with Gasteiger partial charge in [0.1, 0.15) is 0 Å². The number of rotatable bonds is 2. The minimum Gasteiger partial charge on any atom is -0.317 e. The van der Waals surface area contributed by atoms with Crippen LogP contribution in [-0.4, -0.2) is 13.1 Å². The van der Waals surface area contributed by atoms with Gasteiger partial charge in [-0.2, -0.15) is 0 Å². The lowest BCUT2D eigenvalue weighted by molar-refractivity contribution is 0.593. The van der Waals surface area contributed by atoms with Crippen LogP contribution in [0.2, 0.25) is 0 Å². The molecule has 0 amide bonds. The topological polar surface area (TPSA) is 12.0 Å². The second-order valence-corrected chi connectivity index (χ2v) is 1.60. The van der Waals surface area contributed by atoms with Crippen LogP contribution < -0.4 is 5.32 Å². The van der Waals surface area contributed by atoms with Gasteiger partial charge in [0.2, 0.25) is 0 Å². The average Bonchev–Trinajstić information content (AvgIpc) is 1.65. The van der Waals surface area contributed by atoms with Gasteiger partial charge in [0, 0.05) is 6.04 Å². The zero-order valence-electron chi connectivity index (χ0n) is 5.19. The molecule has 0 fully saturated rings. The monoisotopic (exact) mass is 123 g/mol. The Hall–Kier alpha value is 0.250. The van der Waals surface area contributed by atoms with Crippen molar-refractivity contribution in [3.8, 4) is 0 Å². The van der Waals surface area contributed by atoms with E-state index in [1.165, 1.54) is 6.42 Å². The van der Waals surface area contributed by atoms with Crippen molar-refractivity contribution in [2.24, 2.45) is 0 Å². The van der Waals surface area contributed by atoms with Crippen LogP contribution in [-0.2, 0) is 0 Å². The summed E-state index contributed by atoms with van der Waals surface area (Å²) in [6, 6.07) is 0.685. The maximum atomic E-state index is 3.11. The molecule has 46 valence electrons. The van der Waals surface area contributed by atoms with E-state index >= 15 is 0 Å². The fraction of sp³-hybridized carbons (Fsp3) is 1.00. The summed E-state index contributed by atoms with van der Waals surface area (Å²) in [4.78, 5) is 0. The Morgan fingerprint density at radius 3 is 2.00 bits per heavy atom. The van der Waals surface area contributed by atoms with E-state index in [9.17, 15) is 0 Å². The molecule has 0 bridgehead atoms. The van der Waals surface area contributed by atoms with E-state index in [0.29, 0.717) is 6.04 Å². The highest BCUT2D eigenvalue weighted by molar-refractivity contribution is 5.85. The molecule has 0 aromatic heterocycles. The van der Waals surface area contributed by atoms with Crippen LogP contribution in [0.1, 0.15) is 20.3 Å². The van der Waals surface area contributed by atoms with Crippen LogP contribution >= 0.6 is 12.4 Å². The van der Waals surface area contributed by atoms with E-state index in [-0.39, 0.29) is 12.4 Å². The van der Waals surface area contributed by atoms with Gasteiger partial charge in [0.25, 0.3) is 0 Å². The maximum absolute atomic E-state index is 3.11. The molecule has 0 aliphatic heterocycles. The quantitative estimate of drug-likeness (QED) is 0.586. The zero-order chi connectivity index (χ0) is 4.99. The van der Waals surface area contributed by atoms with Crippen molar-refractivity contribution in [3.63, 3.8) is 0 Å². The largest absolute Gasteiger partial charge is 0.317 e. The fourth-order valence-electron chi connectivity index (χ4n) is 0.204. The molecule has 0 aromatic rings. The van der Waals surface area contributed by atoms with Gasteiger partial charge in [-0.15, -0.1) is 12.4 Å². The predicted octanol–water partition coefficient (Wildman–Crippen LogP) is 1.43. The lowest BCUT2D eigenvalue weighted by Crippen LogP contribution is -2.19. The van der Waals surface area contributed by atoms with Gasteiger partial charge in [-0.25, -0.2) is 0 Å². The molecule has 0 saturated carbocycles. The third-order valence-electron chi connectivity index (χ3n) is 1.11. The van der Waals surface area contributed by atoms with E-state index in [4.69, 9.17) is 0 Å². The van der Waals surface area contributed by atoms with Gasteiger partial charge in [-0.1, -0.05) is 6.92 Å². The molecule has 1 atom stereocenters. The Bertz CT molecular complexity index is 27.3. The van der Waals surface area contributed by atoms with Crippen molar-refractivity contribution in [3.05, 3.63) is 0 Å². The average molecular weight is 124 g/mol. The summed E-state index contributed by atoms with van der Waals surface area (Å²) in [7, 11) is 1.98. The molecule has 0 aromatic carbocycles. The first kappa shape index (κ1) is 10.3. The third kappa shape index (κ3) is 6.25. The van der Waals surface area contributed by atoms with E-state index < -0.39 is 0 Å². The minimum absolute atomic E-state index is 0. The molecule has 1 nitrogen and oxygen atoms in total. The van der Waals surface area contributed by atoms with Gasteiger partial charge >= 0.3 is 0 Å². The SMILES string of the molecule is CC[C@@H](C)NC.Cl. The van der Waals surface area contributed by atoms with Crippen LogP contribution in [0.25, 0.3) is 0 Å². The first-order valence-electron chi connectivity index (χ1n) is 2.48. The van der Waals surface area contributed by atoms with Crippen molar-refractivity contribution < 1.29 is 0 Å². The highest BCUT2D eigenvalue weighted by Crippen LogP contribution is 1.82. The summed E-state index contributed by atoms with van der Waals surface area (Å²) in [5.74, 6) is 0. The normalized spacial score (nSPS) is 12.4. The molecule has 0 unspecified atom stereocenters. The van der Waals surface area contributed by atoms with Crippen molar-refractivity contribution in [2.45, 2.75) is 26.3 Å². The molecular formula is C5H14ClN. The first-order chi connectivity index (χ1) is 2.81. The van der Waals surface area contributed by atoms with Crippen molar-refractivity contribution in [1.82, 2.24) is 5.32 Å². The standard InChI is InChI=1S/C5H13N.ClH/c1-4-5(2)6-3;/h5-6H,4H2,1-3H3;1H/t5-;/m1./s1. The van der Waals surface area contributed by atoms with Gasteiger partial charge in [-0.3, -0.25) is 0 Å². The maximum Gasteiger partial charge on any atom is 0.00331 e. The highest BCUT2D eigenvalue weighted by Gasteiger charge is 1.86. The molecule has 0 radical (unpaired) electrons. The molecule has 7 heavy (non-hydrogen) atoms. The smallest absolute Gasteiger partial charge is 0.00331 e. The lowest BCUT2D eigenvalue weighted by atomic mass is 10.3. The van der Waals surface area contributed by atoms with Crippen molar-refractivity contribution in [1.29, 1.82) is 0 Å². The fourth-order valence-corrected chi connectivity index (χ4v) is 0.204. The summed E-state index contributed by atoms with van der Waals surface area (Å²) in [5.41, 5.74) is 0. The van der Waals surface area contributed by atoms with E-state index in [0.717, 1.165) is 0 Å². The van der Waals surface area contributed by atoms with Crippen molar-refractivity contribution >= 4 is 12.4 Å². The molecule has 0 heterocycles. The number of hydrogen-bond acceptors (Lipinski definition) is 1. The second-order valence-electron chi connectivity index (χ2n) is 1.60. The lowest BCUT2D eigenvalue weighted by Gasteiger charge is -2.02. The molecule has 0 rings (SSSR count). The summed E-state index contributed by atoms with van der Waals surface area (Å²) in [5, 5.41) is 3.11. The van der Waals surface area contributed by atoms with Crippen LogP contribution in [0.4, 0.5) is 0 Å². The van der Waals surface area contributed by atoms with E-state index in [1.807, 2.05) is 7.05 Å². The van der Waals surface area contributed by atoms with Gasteiger partial charge in [0.05, 0.1) is 0 Å². The first-order valence-corrected chi connectivity index (χ1v) is 2.48. The van der Waals surface area contributed by atoms with Crippen LogP contribution in [0.3, 0.4) is 0 Å². The molecule has 0 aliphatic carbocycles. The summed E-state index contributed by atoms with van der Waals surface area (Å²) in [6.07, 6.45) is 1.22. The molecule has 0 saturated heterocycles. The Morgan fingerprint density at radius 2 is 2.00 bits per heavy atom. The Balaban J connectivity index is 0. The number of halogens is 1. The van der Waals surface area contributed by atoms with Gasteiger partial charge in [0.15, 0.2) is 0 Å². The molecule has 0 aliphatic rings. The molecular weight excluding hydrogens is 110 g/mol. The predicted molar refractivity (Wildman–Crippen MR) is 36.1 cm³/mol. The van der Waals surface area contributed by atoms with E-state index in [2.05, 4.69) is 19.2 Å². The highest BCUT2D eigenvalue weighted by atomic mass is 35.5. The summed E-state index contributed by atoms with van der Waals surface area (Å²) < 4.78 is 0. The molecule has 0 spiro atoms.